The van der Waals surface area contributed by atoms with E-state index in [0.29, 0.717) is 0 Å². The van der Waals surface area contributed by atoms with Crippen LogP contribution in [0.1, 0.15) is 13.3 Å². The summed E-state index contributed by atoms with van der Waals surface area (Å²) in [6.07, 6.45) is 0.278. The Morgan fingerprint density at radius 2 is 2.43 bits per heavy atom. The van der Waals surface area contributed by atoms with Crippen LogP contribution >= 0.6 is 0 Å². The molecule has 0 fully saturated rings. The van der Waals surface area contributed by atoms with Crippen molar-refractivity contribution in [3.05, 3.63) is 12.4 Å². The minimum Gasteiger partial charge on any atom is -0.328 e. The maximum atomic E-state index is 11.7. The lowest BCUT2D eigenvalue weighted by Crippen LogP contribution is -2.13. The normalized spacial score (nSPS) is 13.6. The molecule has 0 saturated carbocycles. The molecule has 7 heavy (non-hydrogen) atoms. The molecule has 0 bridgehead atoms. The Kier molecular flexibility index (Phi) is 2.60. The second-order valence-electron chi connectivity index (χ2n) is 1.70. The summed E-state index contributed by atoms with van der Waals surface area (Å²) in [4.78, 5) is 0. The third-order valence-electron chi connectivity index (χ3n) is 0.543. The minimum absolute atomic E-state index is 0.0995. The van der Waals surface area contributed by atoms with Gasteiger partial charge in [-0.2, -0.15) is 0 Å². The summed E-state index contributed by atoms with van der Waals surface area (Å²) in [5.41, 5.74) is 5.19. The summed E-state index contributed by atoms with van der Waals surface area (Å²) in [6.45, 7) is 4.79. The van der Waals surface area contributed by atoms with Crippen molar-refractivity contribution < 1.29 is 4.39 Å². The fourth-order valence-corrected chi connectivity index (χ4v) is 0.349. The number of hydrogen-bond donors (Lipinski definition) is 1. The van der Waals surface area contributed by atoms with Gasteiger partial charge in [-0.15, -0.1) is 0 Å². The van der Waals surface area contributed by atoms with Crippen molar-refractivity contribution in [1.82, 2.24) is 0 Å². The first kappa shape index (κ1) is 6.63. The zero-order chi connectivity index (χ0) is 5.86. The Morgan fingerprint density at radius 3 is 2.43 bits per heavy atom. The van der Waals surface area contributed by atoms with Crippen LogP contribution in [0.3, 0.4) is 0 Å². The second-order valence-corrected chi connectivity index (χ2v) is 1.70. The molecular weight excluding hydrogens is 93.1 g/mol. The quantitative estimate of drug-likeness (QED) is 0.558. The predicted octanol–water partition coefficient (Wildman–Crippen LogP) is 1.21. The molecule has 0 aromatic heterocycles. The molecule has 0 aliphatic rings. The van der Waals surface area contributed by atoms with Gasteiger partial charge in [0.15, 0.2) is 0 Å². The molecule has 0 rings (SSSR count). The molecule has 1 nitrogen and oxygen atoms in total. The van der Waals surface area contributed by atoms with Crippen LogP contribution < -0.4 is 5.73 Å². The van der Waals surface area contributed by atoms with Crippen LogP contribution in [0.4, 0.5) is 4.39 Å². The molecule has 0 aliphatic carbocycles. The molecule has 1 atom stereocenters. The largest absolute Gasteiger partial charge is 0.328 e. The van der Waals surface area contributed by atoms with E-state index in [1.165, 1.54) is 0 Å². The van der Waals surface area contributed by atoms with E-state index in [-0.39, 0.29) is 18.3 Å². The van der Waals surface area contributed by atoms with Gasteiger partial charge < -0.3 is 5.73 Å². The van der Waals surface area contributed by atoms with Gasteiger partial charge in [-0.3, -0.25) is 0 Å². The van der Waals surface area contributed by atoms with Gasteiger partial charge in [-0.25, -0.2) is 4.39 Å². The maximum Gasteiger partial charge on any atom is 0.0943 e. The van der Waals surface area contributed by atoms with Gasteiger partial charge in [0.1, 0.15) is 0 Å². The van der Waals surface area contributed by atoms with Crippen LogP contribution in [-0.2, 0) is 0 Å². The summed E-state index contributed by atoms with van der Waals surface area (Å²) in [6, 6.07) is -0.0995. The van der Waals surface area contributed by atoms with Gasteiger partial charge in [0.2, 0.25) is 0 Å². The van der Waals surface area contributed by atoms with Crippen molar-refractivity contribution in [2.75, 3.05) is 0 Å². The minimum atomic E-state index is -0.338. The zero-order valence-corrected chi connectivity index (χ0v) is 4.45. The van der Waals surface area contributed by atoms with Crippen molar-refractivity contribution in [3.8, 4) is 0 Å². The zero-order valence-electron chi connectivity index (χ0n) is 4.45. The van der Waals surface area contributed by atoms with E-state index in [2.05, 4.69) is 6.58 Å². The SMILES string of the molecule is C=C(F)C[C@@H](C)N. The van der Waals surface area contributed by atoms with Gasteiger partial charge in [0, 0.05) is 12.5 Å². The summed E-state index contributed by atoms with van der Waals surface area (Å²) < 4.78 is 11.7. The van der Waals surface area contributed by atoms with E-state index in [1.807, 2.05) is 0 Å². The third-order valence-corrected chi connectivity index (χ3v) is 0.543. The monoisotopic (exact) mass is 103 g/mol. The van der Waals surface area contributed by atoms with Crippen LogP contribution in [0.25, 0.3) is 0 Å². The van der Waals surface area contributed by atoms with E-state index < -0.39 is 0 Å². The molecule has 42 valence electrons. The molecule has 0 spiro atoms. The smallest absolute Gasteiger partial charge is 0.0943 e. The van der Waals surface area contributed by atoms with Crippen molar-refractivity contribution in [3.63, 3.8) is 0 Å². The van der Waals surface area contributed by atoms with Crippen molar-refractivity contribution >= 4 is 0 Å². The molecule has 0 saturated heterocycles. The Labute approximate surface area is 43.0 Å². The third kappa shape index (κ3) is 5.63. The van der Waals surface area contributed by atoms with E-state index >= 15 is 0 Å². The van der Waals surface area contributed by atoms with Crippen LogP contribution in [0.2, 0.25) is 0 Å². The molecular formula is C5H10FN. The van der Waals surface area contributed by atoms with Crippen LogP contribution in [-0.4, -0.2) is 6.04 Å². The maximum absolute atomic E-state index is 11.7. The van der Waals surface area contributed by atoms with Gasteiger partial charge in [0.05, 0.1) is 5.83 Å². The topological polar surface area (TPSA) is 26.0 Å². The molecule has 0 heterocycles. The van der Waals surface area contributed by atoms with Gasteiger partial charge >= 0.3 is 0 Å². The number of hydrogen-bond acceptors (Lipinski definition) is 1. The summed E-state index contributed by atoms with van der Waals surface area (Å²) in [7, 11) is 0. The first-order valence-corrected chi connectivity index (χ1v) is 2.22. The average Bonchev–Trinajstić information content (AvgIpc) is 1.27. The number of nitrogens with two attached hydrogens (primary N) is 1. The van der Waals surface area contributed by atoms with Crippen molar-refractivity contribution in [2.24, 2.45) is 5.73 Å². The molecule has 2 N–H and O–H groups in total. The summed E-state index contributed by atoms with van der Waals surface area (Å²) in [5.74, 6) is -0.338. The highest BCUT2D eigenvalue weighted by molar-refractivity contribution is 4.82. The van der Waals surface area contributed by atoms with E-state index in [1.54, 1.807) is 6.92 Å². The van der Waals surface area contributed by atoms with E-state index in [4.69, 9.17) is 5.73 Å². The van der Waals surface area contributed by atoms with Gasteiger partial charge in [0.25, 0.3) is 0 Å². The number of halogens is 1. The lowest BCUT2D eigenvalue weighted by molar-refractivity contribution is 0.556. The number of rotatable bonds is 2. The first-order valence-electron chi connectivity index (χ1n) is 2.22. The Morgan fingerprint density at radius 1 is 2.00 bits per heavy atom. The summed E-state index contributed by atoms with van der Waals surface area (Å²) in [5, 5.41) is 0. The van der Waals surface area contributed by atoms with Gasteiger partial charge in [-0.1, -0.05) is 6.58 Å². The van der Waals surface area contributed by atoms with Crippen LogP contribution in [0, 0.1) is 0 Å². The predicted molar refractivity (Wildman–Crippen MR) is 28.5 cm³/mol. The highest BCUT2D eigenvalue weighted by Gasteiger charge is 1.93. The molecule has 0 aromatic carbocycles. The molecule has 0 radical (unpaired) electrons. The summed E-state index contributed by atoms with van der Waals surface area (Å²) >= 11 is 0. The Hall–Kier alpha value is -0.370. The molecule has 0 aliphatic heterocycles. The lowest BCUT2D eigenvalue weighted by Gasteiger charge is -1.97. The highest BCUT2D eigenvalue weighted by atomic mass is 19.1. The highest BCUT2D eigenvalue weighted by Crippen LogP contribution is 1.99. The Balaban J connectivity index is 3.13. The second kappa shape index (κ2) is 2.75. The lowest BCUT2D eigenvalue weighted by atomic mass is 10.2. The van der Waals surface area contributed by atoms with Crippen LogP contribution in [0.15, 0.2) is 12.4 Å². The molecule has 0 unspecified atom stereocenters. The molecule has 2 heteroatoms. The fourth-order valence-electron chi connectivity index (χ4n) is 0.349. The van der Waals surface area contributed by atoms with Crippen LogP contribution in [0.5, 0.6) is 0 Å². The van der Waals surface area contributed by atoms with E-state index in [9.17, 15) is 4.39 Å². The first-order chi connectivity index (χ1) is 3.13. The Bertz CT molecular complexity index is 68.5. The fraction of sp³-hybridized carbons (Fsp3) is 0.600. The standard InChI is InChI=1S/C5H10FN/c1-4(6)3-5(2)7/h5H,1,3,7H2,2H3/t5-/m1/s1. The molecule has 0 aromatic rings. The van der Waals surface area contributed by atoms with E-state index in [0.717, 1.165) is 0 Å². The van der Waals surface area contributed by atoms with Crippen molar-refractivity contribution in [1.29, 1.82) is 0 Å². The van der Waals surface area contributed by atoms with Crippen molar-refractivity contribution in [2.45, 2.75) is 19.4 Å². The van der Waals surface area contributed by atoms with Gasteiger partial charge in [-0.05, 0) is 6.92 Å². The molecule has 0 amide bonds. The average molecular weight is 103 g/mol.